The van der Waals surface area contributed by atoms with Crippen molar-refractivity contribution in [3.05, 3.63) is 62.1 Å². The average Bonchev–Trinajstić information content (AvgIpc) is 2.87. The zero-order valence-electron chi connectivity index (χ0n) is 13.2. The number of carboxylic acids is 1. The summed E-state index contributed by atoms with van der Waals surface area (Å²) >= 11 is 18.4. The third-order valence-electron chi connectivity index (χ3n) is 3.92. The van der Waals surface area contributed by atoms with E-state index in [2.05, 4.69) is 9.98 Å². The van der Waals surface area contributed by atoms with Gasteiger partial charge in [-0.05, 0) is 30.7 Å². The van der Waals surface area contributed by atoms with Gasteiger partial charge in [0.1, 0.15) is 5.82 Å². The lowest BCUT2D eigenvalue weighted by Gasteiger charge is -2.17. The van der Waals surface area contributed by atoms with Crippen molar-refractivity contribution in [2.75, 3.05) is 6.54 Å². The van der Waals surface area contributed by atoms with Crippen LogP contribution in [0.5, 0.6) is 0 Å². The summed E-state index contributed by atoms with van der Waals surface area (Å²) in [6, 6.07) is 5.09. The number of aryl methyl sites for hydroxylation is 1. The van der Waals surface area contributed by atoms with E-state index in [1.807, 2.05) is 6.08 Å². The van der Waals surface area contributed by atoms with E-state index in [-0.39, 0.29) is 18.2 Å². The van der Waals surface area contributed by atoms with E-state index in [1.54, 1.807) is 35.9 Å². The van der Waals surface area contributed by atoms with Gasteiger partial charge in [0.05, 0.1) is 29.7 Å². The summed E-state index contributed by atoms with van der Waals surface area (Å²) in [5.74, 6) is -0.674. The predicted molar refractivity (Wildman–Crippen MR) is 99.5 cm³/mol. The number of benzene rings is 1. The minimum atomic E-state index is -1.05. The van der Waals surface area contributed by atoms with Gasteiger partial charge in [-0.3, -0.25) is 4.99 Å². The Morgan fingerprint density at radius 2 is 2.12 bits per heavy atom. The van der Waals surface area contributed by atoms with Gasteiger partial charge in [-0.1, -0.05) is 40.9 Å². The number of aromatic carboxylic acids is 1. The van der Waals surface area contributed by atoms with Crippen molar-refractivity contribution in [3.63, 3.8) is 0 Å². The second-order valence-corrected chi connectivity index (χ2v) is 6.96. The van der Waals surface area contributed by atoms with Crippen LogP contribution in [0.25, 0.3) is 0 Å². The molecule has 0 bridgehead atoms. The number of aliphatic imine (C=N–C) groups is 1. The fourth-order valence-corrected chi connectivity index (χ4v) is 3.43. The summed E-state index contributed by atoms with van der Waals surface area (Å²) in [6.45, 7) is 2.36. The number of rotatable bonds is 4. The van der Waals surface area contributed by atoms with Crippen LogP contribution in [0.1, 0.15) is 33.5 Å². The van der Waals surface area contributed by atoms with Gasteiger partial charge in [-0.15, -0.1) is 0 Å². The quantitative estimate of drug-likeness (QED) is 0.822. The third kappa shape index (κ3) is 3.73. The Labute approximate surface area is 159 Å². The number of carbonyl (C=O) groups is 1. The molecule has 1 unspecified atom stereocenters. The van der Waals surface area contributed by atoms with Gasteiger partial charge < -0.3 is 9.67 Å². The minimum absolute atomic E-state index is 0.116. The van der Waals surface area contributed by atoms with Crippen LogP contribution in [-0.4, -0.2) is 33.4 Å². The molecule has 3 rings (SSSR count). The Morgan fingerprint density at radius 3 is 2.80 bits per heavy atom. The molecule has 0 spiro atoms. The van der Waals surface area contributed by atoms with Gasteiger partial charge >= 0.3 is 5.97 Å². The molecule has 1 aromatic carbocycles. The van der Waals surface area contributed by atoms with E-state index in [0.717, 1.165) is 0 Å². The highest BCUT2D eigenvalue weighted by Crippen LogP contribution is 2.28. The first kappa shape index (κ1) is 18.0. The molecular formula is C17H14Cl3N3O2. The summed E-state index contributed by atoms with van der Waals surface area (Å²) in [6.07, 6.45) is 3.39. The van der Waals surface area contributed by atoms with Gasteiger partial charge in [-0.25, -0.2) is 9.78 Å². The number of aromatic nitrogens is 2. The molecule has 1 N–H and O–H groups in total. The first-order valence-electron chi connectivity index (χ1n) is 7.48. The number of hydrogen-bond donors (Lipinski definition) is 1. The monoisotopic (exact) mass is 397 g/mol. The summed E-state index contributed by atoms with van der Waals surface area (Å²) < 4.78 is 1.64. The standard InChI is InChI=1S/C17H14Cl3N3O2/c1-9-15(17(24)25)23(8-11-5-12(18)2-3-14(11)20)16(22-9)10-4-13(19)7-21-6-10/h2-5,7,10H,6,8H2,1H3,(H,24,25). The molecule has 0 radical (unpaired) electrons. The molecule has 25 heavy (non-hydrogen) atoms. The van der Waals surface area contributed by atoms with E-state index in [9.17, 15) is 9.90 Å². The maximum absolute atomic E-state index is 11.8. The zero-order valence-corrected chi connectivity index (χ0v) is 15.5. The van der Waals surface area contributed by atoms with Gasteiger partial charge in [0.2, 0.25) is 0 Å². The van der Waals surface area contributed by atoms with Crippen LogP contribution >= 0.6 is 34.8 Å². The van der Waals surface area contributed by atoms with Crippen LogP contribution in [0.4, 0.5) is 0 Å². The van der Waals surface area contributed by atoms with E-state index in [1.165, 1.54) is 0 Å². The van der Waals surface area contributed by atoms with Crippen molar-refractivity contribution in [2.24, 2.45) is 4.99 Å². The number of carboxylic acid groups (broad SMARTS) is 1. The lowest BCUT2D eigenvalue weighted by Crippen LogP contribution is -2.17. The largest absolute Gasteiger partial charge is 0.477 e. The van der Waals surface area contributed by atoms with E-state index in [0.29, 0.717) is 38.7 Å². The second-order valence-electron chi connectivity index (χ2n) is 5.68. The Kier molecular flexibility index (Phi) is 5.18. The molecule has 0 saturated carbocycles. The van der Waals surface area contributed by atoms with Crippen molar-refractivity contribution < 1.29 is 9.90 Å². The smallest absolute Gasteiger partial charge is 0.354 e. The van der Waals surface area contributed by atoms with Crippen molar-refractivity contribution in [2.45, 2.75) is 19.4 Å². The molecule has 1 aliphatic heterocycles. The maximum Gasteiger partial charge on any atom is 0.354 e. The van der Waals surface area contributed by atoms with Gasteiger partial charge in [-0.2, -0.15) is 0 Å². The Bertz CT molecular complexity index is 903. The molecule has 130 valence electrons. The Hall–Kier alpha value is -1.82. The molecule has 0 aliphatic carbocycles. The summed E-state index contributed by atoms with van der Waals surface area (Å²) in [5.41, 5.74) is 1.26. The fourth-order valence-electron chi connectivity index (χ4n) is 2.84. The highest BCUT2D eigenvalue weighted by atomic mass is 35.5. The van der Waals surface area contributed by atoms with Crippen molar-refractivity contribution in [1.82, 2.24) is 9.55 Å². The SMILES string of the molecule is Cc1nc(C2C=C(Cl)C=NC2)n(Cc2cc(Cl)ccc2Cl)c1C(=O)O. The lowest BCUT2D eigenvalue weighted by molar-refractivity contribution is 0.0684. The molecular weight excluding hydrogens is 385 g/mol. The van der Waals surface area contributed by atoms with Crippen LogP contribution in [0, 0.1) is 6.92 Å². The van der Waals surface area contributed by atoms with E-state index < -0.39 is 5.97 Å². The van der Waals surface area contributed by atoms with Gasteiger partial charge in [0.15, 0.2) is 5.69 Å². The molecule has 0 amide bonds. The van der Waals surface area contributed by atoms with Crippen molar-refractivity contribution in [1.29, 1.82) is 0 Å². The predicted octanol–water partition coefficient (Wildman–Crippen LogP) is 4.54. The molecule has 1 aliphatic rings. The molecule has 8 heteroatoms. The number of allylic oxidation sites excluding steroid dienone is 1. The van der Waals surface area contributed by atoms with Crippen LogP contribution in [-0.2, 0) is 6.54 Å². The molecule has 2 heterocycles. The fraction of sp³-hybridized carbons (Fsp3) is 0.235. The molecule has 0 saturated heterocycles. The molecule has 1 atom stereocenters. The van der Waals surface area contributed by atoms with Gasteiger partial charge in [0.25, 0.3) is 0 Å². The summed E-state index contributed by atoms with van der Waals surface area (Å²) in [4.78, 5) is 20.4. The molecule has 5 nitrogen and oxygen atoms in total. The summed E-state index contributed by atoms with van der Waals surface area (Å²) in [5, 5.41) is 11.2. The van der Waals surface area contributed by atoms with Crippen LogP contribution < -0.4 is 0 Å². The molecule has 2 aromatic rings. The Balaban J connectivity index is 2.11. The maximum atomic E-state index is 11.8. The number of dihydropyridines is 1. The first-order valence-corrected chi connectivity index (χ1v) is 8.61. The second kappa shape index (κ2) is 7.20. The number of nitrogens with zero attached hydrogens (tertiary/aromatic N) is 3. The van der Waals surface area contributed by atoms with E-state index in [4.69, 9.17) is 34.8 Å². The number of imidazole rings is 1. The third-order valence-corrected chi connectivity index (χ3v) is 4.75. The average molecular weight is 399 g/mol. The highest BCUT2D eigenvalue weighted by Gasteiger charge is 2.26. The van der Waals surface area contributed by atoms with Crippen LogP contribution in [0.2, 0.25) is 10.0 Å². The van der Waals surface area contributed by atoms with E-state index >= 15 is 0 Å². The van der Waals surface area contributed by atoms with Crippen LogP contribution in [0.3, 0.4) is 0 Å². The van der Waals surface area contributed by atoms with Gasteiger partial charge in [0, 0.05) is 16.3 Å². The first-order chi connectivity index (χ1) is 11.9. The minimum Gasteiger partial charge on any atom is -0.477 e. The number of hydrogen-bond acceptors (Lipinski definition) is 3. The number of halogens is 3. The zero-order chi connectivity index (χ0) is 18.1. The van der Waals surface area contributed by atoms with Crippen LogP contribution in [0.15, 0.2) is 34.3 Å². The van der Waals surface area contributed by atoms with Crippen molar-refractivity contribution >= 4 is 47.0 Å². The summed E-state index contributed by atoms with van der Waals surface area (Å²) in [7, 11) is 0. The normalized spacial score (nSPS) is 16.8. The molecule has 0 fully saturated rings. The Morgan fingerprint density at radius 1 is 1.36 bits per heavy atom. The lowest BCUT2D eigenvalue weighted by atomic mass is 10.1. The highest BCUT2D eigenvalue weighted by molar-refractivity contribution is 6.39. The topological polar surface area (TPSA) is 67.5 Å². The van der Waals surface area contributed by atoms with Crippen molar-refractivity contribution in [3.8, 4) is 0 Å². The molecule has 1 aromatic heterocycles.